The van der Waals surface area contributed by atoms with Crippen LogP contribution in [0.15, 0.2) is 57.3 Å². The minimum atomic E-state index is -4.34. The van der Waals surface area contributed by atoms with Gasteiger partial charge >= 0.3 is 29.6 Å². The molecule has 0 spiro atoms. The van der Waals surface area contributed by atoms with Crippen molar-refractivity contribution in [2.75, 3.05) is 16.3 Å². The molecular formula is C24H26N3NaO6S2. The fourth-order valence-electron chi connectivity index (χ4n) is 4.38. The molecule has 2 aromatic carbocycles. The molecule has 0 bridgehead atoms. The van der Waals surface area contributed by atoms with Crippen LogP contribution in [0, 0.1) is 5.92 Å². The number of benzene rings is 2. The summed E-state index contributed by atoms with van der Waals surface area (Å²) in [6.45, 7) is 5.86. The molecule has 0 saturated carbocycles. The Morgan fingerprint density at radius 1 is 1.17 bits per heavy atom. The van der Waals surface area contributed by atoms with Gasteiger partial charge in [-0.3, -0.25) is 9.52 Å². The van der Waals surface area contributed by atoms with Gasteiger partial charge in [-0.2, -0.15) is 8.42 Å². The molecule has 0 amide bonds. The summed E-state index contributed by atoms with van der Waals surface area (Å²) < 4.78 is 55.1. The number of rotatable bonds is 6. The third-order valence-corrected chi connectivity index (χ3v) is 8.13. The number of carbonyl (C=O) groups excluding carboxylic acids is 1. The van der Waals surface area contributed by atoms with E-state index < -0.39 is 37.0 Å². The molecule has 186 valence electrons. The minimum absolute atomic E-state index is 0. The first-order chi connectivity index (χ1) is 16.2. The smallest absolute Gasteiger partial charge is 0.871 e. The van der Waals surface area contributed by atoms with E-state index in [9.17, 15) is 26.7 Å². The summed E-state index contributed by atoms with van der Waals surface area (Å²) in [5.41, 5.74) is -0.235. The SMILES string of the molecule is CC(C)CC[C@@]1(C)C(=O)C(C2=NS(=O)(=O)c3cc(NS(C)(=O)=O)ccc3N2)=C([O-])c2ccccc21.[Na+]. The van der Waals surface area contributed by atoms with E-state index in [0.717, 1.165) is 18.7 Å². The Hall–Kier alpha value is -2.18. The molecule has 1 atom stereocenters. The van der Waals surface area contributed by atoms with Crippen molar-refractivity contribution in [3.63, 3.8) is 0 Å². The number of carbonyl (C=O) groups is 1. The van der Waals surface area contributed by atoms with Crippen LogP contribution in [-0.2, 0) is 30.3 Å². The molecule has 2 N–H and O–H groups in total. The number of Topliss-reactive ketones (excluding diaryl/α,β-unsaturated/α-hetero) is 1. The molecule has 0 fully saturated rings. The van der Waals surface area contributed by atoms with Crippen molar-refractivity contribution in [3.05, 3.63) is 59.2 Å². The first-order valence-electron chi connectivity index (χ1n) is 11.0. The topological polar surface area (TPSA) is 145 Å². The maximum absolute atomic E-state index is 13.8. The Morgan fingerprint density at radius 2 is 1.83 bits per heavy atom. The molecule has 0 unspecified atom stereocenters. The van der Waals surface area contributed by atoms with Crippen LogP contribution in [0.5, 0.6) is 0 Å². The van der Waals surface area contributed by atoms with Crippen molar-refractivity contribution < 1.29 is 56.3 Å². The summed E-state index contributed by atoms with van der Waals surface area (Å²) in [6, 6.07) is 10.7. The van der Waals surface area contributed by atoms with Gasteiger partial charge in [-0.05, 0) is 55.0 Å². The number of ketones is 1. The molecule has 1 aliphatic heterocycles. The summed E-state index contributed by atoms with van der Waals surface area (Å²) in [4.78, 5) is 13.5. The number of anilines is 2. The zero-order valence-electron chi connectivity index (χ0n) is 20.7. The third-order valence-electron chi connectivity index (χ3n) is 6.21. The van der Waals surface area contributed by atoms with Crippen molar-refractivity contribution in [2.45, 2.75) is 43.9 Å². The molecule has 0 radical (unpaired) electrons. The number of sulfonamides is 2. The second-order valence-corrected chi connectivity index (χ2v) is 12.8. The fourth-order valence-corrected chi connectivity index (χ4v) is 6.09. The van der Waals surface area contributed by atoms with Gasteiger partial charge in [0.15, 0.2) is 11.6 Å². The molecule has 1 aliphatic carbocycles. The number of fused-ring (bicyclic) bond motifs is 2. The summed E-state index contributed by atoms with van der Waals surface area (Å²) >= 11 is 0. The van der Waals surface area contributed by atoms with E-state index in [0.29, 0.717) is 23.5 Å². The Morgan fingerprint density at radius 3 is 2.47 bits per heavy atom. The monoisotopic (exact) mass is 539 g/mol. The molecule has 36 heavy (non-hydrogen) atoms. The third kappa shape index (κ3) is 5.26. The van der Waals surface area contributed by atoms with E-state index in [1.54, 1.807) is 31.2 Å². The van der Waals surface area contributed by atoms with Gasteiger partial charge in [-0.15, -0.1) is 4.40 Å². The second kappa shape index (κ2) is 9.94. The van der Waals surface area contributed by atoms with E-state index >= 15 is 0 Å². The fraction of sp³-hybridized carbons (Fsp3) is 0.333. The van der Waals surface area contributed by atoms with Gasteiger partial charge in [0.05, 0.1) is 22.9 Å². The zero-order valence-corrected chi connectivity index (χ0v) is 24.4. The van der Waals surface area contributed by atoms with Gasteiger partial charge in [0, 0.05) is 5.69 Å². The standard InChI is InChI=1S/C24H27N3O6S2.Na/c1-14(2)11-12-24(3)17-8-6-5-7-16(17)21(28)20(22(24)29)23-25-18-10-9-15(26-34(4,30)31)13-19(18)35(32,33)27-23;/h5-10,13-14,26,28H,11-12H2,1-4H3,(H,25,27);/q;+1/p-1/t24-;/m1./s1. The number of hydrogen-bond acceptors (Lipinski definition) is 7. The van der Waals surface area contributed by atoms with Gasteiger partial charge in [0.25, 0.3) is 10.0 Å². The molecule has 12 heteroatoms. The predicted molar refractivity (Wildman–Crippen MR) is 133 cm³/mol. The van der Waals surface area contributed by atoms with E-state index in [2.05, 4.69) is 14.4 Å². The molecule has 9 nitrogen and oxygen atoms in total. The van der Waals surface area contributed by atoms with E-state index in [1.165, 1.54) is 12.1 Å². The Labute approximate surface area is 233 Å². The molecule has 0 saturated heterocycles. The summed E-state index contributed by atoms with van der Waals surface area (Å²) in [5, 5.41) is 16.3. The normalized spacial score (nSPS) is 20.6. The van der Waals surface area contributed by atoms with Crippen LogP contribution >= 0.6 is 0 Å². The van der Waals surface area contributed by atoms with Crippen LogP contribution in [0.3, 0.4) is 0 Å². The molecular weight excluding hydrogens is 513 g/mol. The van der Waals surface area contributed by atoms with Crippen molar-refractivity contribution in [1.29, 1.82) is 0 Å². The van der Waals surface area contributed by atoms with Crippen LogP contribution in [0.1, 0.15) is 44.7 Å². The van der Waals surface area contributed by atoms with Gasteiger partial charge in [0.1, 0.15) is 4.90 Å². The van der Waals surface area contributed by atoms with Crippen LogP contribution < -0.4 is 44.7 Å². The first kappa shape index (κ1) is 28.4. The minimum Gasteiger partial charge on any atom is -0.871 e. The van der Waals surface area contributed by atoms with Crippen molar-refractivity contribution in [2.24, 2.45) is 10.3 Å². The van der Waals surface area contributed by atoms with Gasteiger partial charge in [-0.25, -0.2) is 8.42 Å². The number of nitrogens with one attached hydrogen (secondary N) is 2. The van der Waals surface area contributed by atoms with Crippen LogP contribution in [-0.4, -0.2) is 34.7 Å². The molecule has 0 aromatic heterocycles. The summed E-state index contributed by atoms with van der Waals surface area (Å²) in [7, 11) is -7.97. The average Bonchev–Trinajstić information content (AvgIpc) is 2.76. The molecule has 2 aromatic rings. The Balaban J connectivity index is 0.00000361. The maximum atomic E-state index is 13.8. The van der Waals surface area contributed by atoms with Crippen LogP contribution in [0.25, 0.3) is 5.76 Å². The second-order valence-electron chi connectivity index (χ2n) is 9.47. The quantitative estimate of drug-likeness (QED) is 0.476. The van der Waals surface area contributed by atoms with Gasteiger partial charge in [-0.1, -0.05) is 43.9 Å². The predicted octanol–water partition coefficient (Wildman–Crippen LogP) is -0.377. The van der Waals surface area contributed by atoms with Crippen molar-refractivity contribution in [3.8, 4) is 0 Å². The van der Waals surface area contributed by atoms with Crippen LogP contribution in [0.2, 0.25) is 0 Å². The largest absolute Gasteiger partial charge is 1.00 e. The van der Waals surface area contributed by atoms with Crippen molar-refractivity contribution in [1.82, 2.24) is 0 Å². The number of amidine groups is 1. The number of nitrogens with zero attached hydrogens (tertiary/aromatic N) is 1. The van der Waals surface area contributed by atoms with Crippen LogP contribution in [0.4, 0.5) is 11.4 Å². The maximum Gasteiger partial charge on any atom is 1.00 e. The Kier molecular flexibility index (Phi) is 7.84. The number of hydrogen-bond donors (Lipinski definition) is 2. The van der Waals surface area contributed by atoms with E-state index in [4.69, 9.17) is 0 Å². The zero-order chi connectivity index (χ0) is 25.8. The first-order valence-corrected chi connectivity index (χ1v) is 14.4. The molecule has 4 rings (SSSR count). The van der Waals surface area contributed by atoms with Gasteiger partial charge in [0.2, 0.25) is 10.0 Å². The van der Waals surface area contributed by atoms with E-state index in [1.807, 2.05) is 13.8 Å². The van der Waals surface area contributed by atoms with E-state index in [-0.39, 0.29) is 57.2 Å². The average molecular weight is 540 g/mol. The van der Waals surface area contributed by atoms with Gasteiger partial charge < -0.3 is 10.4 Å². The summed E-state index contributed by atoms with van der Waals surface area (Å²) in [5.74, 6) is -1.09. The molecule has 1 heterocycles. The molecule has 2 aliphatic rings. The Bertz CT molecular complexity index is 1510. The summed E-state index contributed by atoms with van der Waals surface area (Å²) in [6.07, 6.45) is 2.16. The van der Waals surface area contributed by atoms with Crippen molar-refractivity contribution >= 4 is 48.8 Å².